The first kappa shape index (κ1) is 20.1. The van der Waals surface area contributed by atoms with Crippen molar-refractivity contribution in [1.29, 1.82) is 0 Å². The number of nitro benzene ring substituents is 1. The van der Waals surface area contributed by atoms with Gasteiger partial charge in [-0.05, 0) is 32.4 Å². The zero-order valence-corrected chi connectivity index (χ0v) is 14.1. The van der Waals surface area contributed by atoms with Crippen LogP contribution in [0.4, 0.5) is 11.4 Å². The molecule has 136 valence electrons. The van der Waals surface area contributed by atoms with Crippen molar-refractivity contribution in [2.45, 2.75) is 26.7 Å². The van der Waals surface area contributed by atoms with Gasteiger partial charge in [-0.2, -0.15) is 0 Å². The van der Waals surface area contributed by atoms with Crippen LogP contribution >= 0.6 is 0 Å². The predicted molar refractivity (Wildman–Crippen MR) is 87.9 cm³/mol. The van der Waals surface area contributed by atoms with E-state index in [1.54, 1.807) is 13.8 Å². The molecule has 0 heterocycles. The second-order valence-corrected chi connectivity index (χ2v) is 4.86. The van der Waals surface area contributed by atoms with E-state index >= 15 is 0 Å². The molecular formula is C16H20N2O7. The number of ether oxygens (including phenoxy) is 2. The minimum absolute atomic E-state index is 0.0432. The lowest BCUT2D eigenvalue weighted by atomic mass is 10.2. The van der Waals surface area contributed by atoms with E-state index in [9.17, 15) is 24.5 Å². The number of rotatable bonds is 8. The lowest BCUT2D eigenvalue weighted by Crippen LogP contribution is -2.38. The van der Waals surface area contributed by atoms with Crippen LogP contribution in [0.15, 0.2) is 24.3 Å². The number of nitro groups is 1. The second-order valence-electron chi connectivity index (χ2n) is 4.86. The molecule has 0 aromatic heterocycles. The van der Waals surface area contributed by atoms with Gasteiger partial charge in [-0.15, -0.1) is 0 Å². The number of benzene rings is 1. The van der Waals surface area contributed by atoms with Gasteiger partial charge in [0.25, 0.3) is 5.69 Å². The normalized spacial score (nSPS) is 10.0. The minimum Gasteiger partial charge on any atom is -0.466 e. The van der Waals surface area contributed by atoms with E-state index in [4.69, 9.17) is 9.47 Å². The molecule has 1 rings (SSSR count). The SMILES string of the molecule is CCOC(=O)CCCN(C(=O)C(=O)OCC)c1ccc([N+](=O)[O-])cc1. The standard InChI is InChI=1S/C16H20N2O7/c1-3-24-14(19)6-5-11-17(15(20)16(21)25-4-2)12-7-9-13(10-8-12)18(22)23/h7-10H,3-6,11H2,1-2H3. The third kappa shape index (κ3) is 6.21. The average Bonchev–Trinajstić information content (AvgIpc) is 2.59. The number of hydrogen-bond donors (Lipinski definition) is 0. The molecular weight excluding hydrogens is 332 g/mol. The molecule has 0 fully saturated rings. The maximum absolute atomic E-state index is 12.3. The summed E-state index contributed by atoms with van der Waals surface area (Å²) >= 11 is 0. The number of amides is 1. The fraction of sp³-hybridized carbons (Fsp3) is 0.438. The van der Waals surface area contributed by atoms with Gasteiger partial charge < -0.3 is 14.4 Å². The average molecular weight is 352 g/mol. The molecule has 0 N–H and O–H groups in total. The molecule has 9 heteroatoms. The molecule has 9 nitrogen and oxygen atoms in total. The van der Waals surface area contributed by atoms with Crippen molar-refractivity contribution < 1.29 is 28.8 Å². The summed E-state index contributed by atoms with van der Waals surface area (Å²) < 4.78 is 9.51. The van der Waals surface area contributed by atoms with Gasteiger partial charge in [-0.1, -0.05) is 0 Å². The number of hydrogen-bond acceptors (Lipinski definition) is 7. The fourth-order valence-electron chi connectivity index (χ4n) is 2.02. The number of anilines is 1. The van der Waals surface area contributed by atoms with Crippen LogP contribution in [-0.4, -0.2) is 42.5 Å². The second kappa shape index (κ2) is 10.0. The molecule has 0 saturated heterocycles. The largest absolute Gasteiger partial charge is 0.466 e. The third-order valence-electron chi connectivity index (χ3n) is 3.14. The summed E-state index contributed by atoms with van der Waals surface area (Å²) in [5, 5.41) is 10.7. The highest BCUT2D eigenvalue weighted by atomic mass is 16.6. The molecule has 0 bridgehead atoms. The van der Waals surface area contributed by atoms with Crippen LogP contribution in [0.5, 0.6) is 0 Å². The van der Waals surface area contributed by atoms with E-state index in [2.05, 4.69) is 0 Å². The molecule has 0 saturated carbocycles. The molecule has 0 aliphatic heterocycles. The van der Waals surface area contributed by atoms with Crippen LogP contribution in [0.1, 0.15) is 26.7 Å². The van der Waals surface area contributed by atoms with Crippen molar-refractivity contribution in [3.8, 4) is 0 Å². The van der Waals surface area contributed by atoms with Gasteiger partial charge in [0.05, 0.1) is 18.1 Å². The van der Waals surface area contributed by atoms with Crippen molar-refractivity contribution in [2.24, 2.45) is 0 Å². The van der Waals surface area contributed by atoms with Gasteiger partial charge in [0, 0.05) is 30.8 Å². The van der Waals surface area contributed by atoms with Crippen molar-refractivity contribution in [3.05, 3.63) is 34.4 Å². The van der Waals surface area contributed by atoms with Crippen LogP contribution in [-0.2, 0) is 23.9 Å². The highest BCUT2D eigenvalue weighted by Gasteiger charge is 2.25. The molecule has 25 heavy (non-hydrogen) atoms. The van der Waals surface area contributed by atoms with Crippen LogP contribution in [0.25, 0.3) is 0 Å². The Hall–Kier alpha value is -2.97. The van der Waals surface area contributed by atoms with E-state index in [1.165, 1.54) is 24.3 Å². The summed E-state index contributed by atoms with van der Waals surface area (Å²) in [5.74, 6) is -2.34. The number of non-ortho nitro benzene ring substituents is 1. The first-order valence-electron chi connectivity index (χ1n) is 7.79. The van der Waals surface area contributed by atoms with Crippen molar-refractivity contribution in [1.82, 2.24) is 0 Å². The summed E-state index contributed by atoms with van der Waals surface area (Å²) in [6.45, 7) is 3.62. The quantitative estimate of drug-likeness (QED) is 0.303. The summed E-state index contributed by atoms with van der Waals surface area (Å²) in [7, 11) is 0. The van der Waals surface area contributed by atoms with Gasteiger partial charge >= 0.3 is 17.8 Å². The van der Waals surface area contributed by atoms with E-state index in [1.807, 2.05) is 0 Å². The molecule has 0 aliphatic rings. The first-order valence-corrected chi connectivity index (χ1v) is 7.79. The maximum Gasteiger partial charge on any atom is 0.397 e. The fourth-order valence-corrected chi connectivity index (χ4v) is 2.02. The number of nitrogens with zero attached hydrogens (tertiary/aromatic N) is 2. The minimum atomic E-state index is -1.03. The van der Waals surface area contributed by atoms with Crippen molar-refractivity contribution >= 4 is 29.2 Å². The van der Waals surface area contributed by atoms with Gasteiger partial charge in [0.2, 0.25) is 0 Å². The summed E-state index contributed by atoms with van der Waals surface area (Å²) in [5.41, 5.74) is 0.159. The Balaban J connectivity index is 2.90. The topological polar surface area (TPSA) is 116 Å². The Morgan fingerprint density at radius 2 is 1.68 bits per heavy atom. The molecule has 1 amide bonds. The summed E-state index contributed by atoms with van der Waals surface area (Å²) in [6.07, 6.45) is 0.342. The zero-order chi connectivity index (χ0) is 18.8. The van der Waals surface area contributed by atoms with Crippen LogP contribution in [0.3, 0.4) is 0 Å². The molecule has 0 spiro atoms. The molecule has 1 aromatic rings. The van der Waals surface area contributed by atoms with E-state index < -0.39 is 22.8 Å². The Morgan fingerprint density at radius 3 is 2.20 bits per heavy atom. The van der Waals surface area contributed by atoms with E-state index in [-0.39, 0.29) is 38.3 Å². The molecule has 0 radical (unpaired) electrons. The molecule has 0 atom stereocenters. The Kier molecular flexibility index (Phi) is 8.04. The lowest BCUT2D eigenvalue weighted by molar-refractivity contribution is -0.384. The summed E-state index contributed by atoms with van der Waals surface area (Å²) in [4.78, 5) is 46.6. The van der Waals surface area contributed by atoms with Gasteiger partial charge in [-0.25, -0.2) is 4.79 Å². The number of carbonyl (C=O) groups excluding carboxylic acids is 3. The van der Waals surface area contributed by atoms with Gasteiger partial charge in [0.15, 0.2) is 0 Å². The Bertz CT molecular complexity index is 628. The zero-order valence-electron chi connectivity index (χ0n) is 14.1. The van der Waals surface area contributed by atoms with Crippen molar-refractivity contribution in [3.63, 3.8) is 0 Å². The van der Waals surface area contributed by atoms with Gasteiger partial charge in [-0.3, -0.25) is 19.7 Å². The Labute approximate surface area is 144 Å². The number of esters is 2. The highest BCUT2D eigenvalue weighted by molar-refractivity contribution is 6.38. The van der Waals surface area contributed by atoms with E-state index in [0.717, 1.165) is 4.90 Å². The monoisotopic (exact) mass is 352 g/mol. The summed E-state index contributed by atoms with van der Waals surface area (Å²) in [6, 6.07) is 5.18. The number of carbonyl (C=O) groups is 3. The smallest absolute Gasteiger partial charge is 0.397 e. The highest BCUT2D eigenvalue weighted by Crippen LogP contribution is 2.20. The van der Waals surface area contributed by atoms with Crippen molar-refractivity contribution in [2.75, 3.05) is 24.7 Å². The van der Waals surface area contributed by atoms with E-state index in [0.29, 0.717) is 5.69 Å². The predicted octanol–water partition coefficient (Wildman–Crippen LogP) is 1.83. The molecule has 1 aromatic carbocycles. The molecule has 0 aliphatic carbocycles. The Morgan fingerprint density at radius 1 is 1.08 bits per heavy atom. The third-order valence-corrected chi connectivity index (χ3v) is 3.14. The van der Waals surface area contributed by atoms with Crippen LogP contribution in [0.2, 0.25) is 0 Å². The lowest BCUT2D eigenvalue weighted by Gasteiger charge is -2.21. The maximum atomic E-state index is 12.3. The molecule has 0 unspecified atom stereocenters. The van der Waals surface area contributed by atoms with Crippen LogP contribution in [0, 0.1) is 10.1 Å². The first-order chi connectivity index (χ1) is 11.9. The van der Waals surface area contributed by atoms with Crippen LogP contribution < -0.4 is 4.90 Å². The van der Waals surface area contributed by atoms with Gasteiger partial charge in [0.1, 0.15) is 0 Å².